The zero-order chi connectivity index (χ0) is 13.5. The maximum atomic E-state index is 11.9. The number of hydrogen-bond acceptors (Lipinski definition) is 4. The molecule has 0 aliphatic carbocycles. The van der Waals surface area contributed by atoms with Gasteiger partial charge >= 0.3 is 5.97 Å². The SMILES string of the molecule is CCCNC(=O)C(C)N1CCOCC1CC(=O)O. The van der Waals surface area contributed by atoms with Crippen LogP contribution in [0.1, 0.15) is 26.7 Å². The molecule has 1 amide bonds. The molecule has 1 aliphatic rings. The lowest BCUT2D eigenvalue weighted by atomic mass is 10.1. The van der Waals surface area contributed by atoms with E-state index in [9.17, 15) is 9.59 Å². The standard InChI is InChI=1S/C12H22N2O4/c1-3-4-13-12(17)9(2)14-5-6-18-8-10(14)7-11(15)16/h9-10H,3-8H2,1-2H3,(H,13,17)(H,15,16). The average Bonchev–Trinajstić information content (AvgIpc) is 2.35. The highest BCUT2D eigenvalue weighted by Gasteiger charge is 2.31. The van der Waals surface area contributed by atoms with E-state index in [0.29, 0.717) is 26.3 Å². The fourth-order valence-corrected chi connectivity index (χ4v) is 2.10. The van der Waals surface area contributed by atoms with Crippen LogP contribution in [0.25, 0.3) is 0 Å². The quantitative estimate of drug-likeness (QED) is 0.705. The number of amides is 1. The van der Waals surface area contributed by atoms with Gasteiger partial charge in [-0.05, 0) is 13.3 Å². The van der Waals surface area contributed by atoms with E-state index in [-0.39, 0.29) is 24.4 Å². The van der Waals surface area contributed by atoms with Gasteiger partial charge in [-0.15, -0.1) is 0 Å². The molecule has 1 rings (SSSR count). The minimum absolute atomic E-state index is 0.00535. The normalized spacial score (nSPS) is 22.4. The summed E-state index contributed by atoms with van der Waals surface area (Å²) in [6.07, 6.45) is 0.894. The number of carboxylic acid groups (broad SMARTS) is 1. The van der Waals surface area contributed by atoms with Crippen LogP contribution in [0.5, 0.6) is 0 Å². The number of morpholine rings is 1. The summed E-state index contributed by atoms with van der Waals surface area (Å²) in [6.45, 7) is 5.97. The summed E-state index contributed by atoms with van der Waals surface area (Å²) in [5, 5.41) is 11.7. The van der Waals surface area contributed by atoms with Gasteiger partial charge in [0.1, 0.15) is 0 Å². The average molecular weight is 258 g/mol. The van der Waals surface area contributed by atoms with Gasteiger partial charge in [0.15, 0.2) is 0 Å². The molecule has 2 unspecified atom stereocenters. The van der Waals surface area contributed by atoms with E-state index in [0.717, 1.165) is 6.42 Å². The second kappa shape index (κ2) is 7.33. The third-order valence-electron chi connectivity index (χ3n) is 3.11. The van der Waals surface area contributed by atoms with Crippen molar-refractivity contribution < 1.29 is 19.4 Å². The first-order chi connectivity index (χ1) is 8.56. The Balaban J connectivity index is 2.58. The fourth-order valence-electron chi connectivity index (χ4n) is 2.10. The molecule has 2 N–H and O–H groups in total. The molecule has 6 heteroatoms. The molecule has 1 heterocycles. The maximum Gasteiger partial charge on any atom is 0.305 e. The summed E-state index contributed by atoms with van der Waals surface area (Å²) in [5.41, 5.74) is 0. The number of nitrogens with one attached hydrogen (secondary N) is 1. The molecule has 2 atom stereocenters. The molecular weight excluding hydrogens is 236 g/mol. The smallest absolute Gasteiger partial charge is 0.305 e. The number of carbonyl (C=O) groups is 2. The lowest BCUT2D eigenvalue weighted by Crippen LogP contribution is -2.55. The number of carbonyl (C=O) groups excluding carboxylic acids is 1. The van der Waals surface area contributed by atoms with Crippen LogP contribution in [0.2, 0.25) is 0 Å². The number of ether oxygens (including phenoxy) is 1. The van der Waals surface area contributed by atoms with E-state index in [4.69, 9.17) is 9.84 Å². The monoisotopic (exact) mass is 258 g/mol. The lowest BCUT2D eigenvalue weighted by Gasteiger charge is -2.38. The molecule has 1 saturated heterocycles. The first-order valence-electron chi connectivity index (χ1n) is 6.39. The zero-order valence-corrected chi connectivity index (χ0v) is 11.0. The first kappa shape index (κ1) is 14.9. The minimum Gasteiger partial charge on any atom is -0.481 e. The van der Waals surface area contributed by atoms with Gasteiger partial charge in [-0.3, -0.25) is 14.5 Å². The molecular formula is C12H22N2O4. The molecule has 0 bridgehead atoms. The van der Waals surface area contributed by atoms with E-state index in [1.54, 1.807) is 0 Å². The summed E-state index contributed by atoms with van der Waals surface area (Å²) in [6, 6.07) is -0.538. The number of aliphatic carboxylic acids is 1. The van der Waals surface area contributed by atoms with Crippen LogP contribution in [0, 0.1) is 0 Å². The highest BCUT2D eigenvalue weighted by atomic mass is 16.5. The molecule has 6 nitrogen and oxygen atoms in total. The topological polar surface area (TPSA) is 78.9 Å². The Morgan fingerprint density at radius 2 is 2.28 bits per heavy atom. The molecule has 0 aromatic heterocycles. The van der Waals surface area contributed by atoms with Crippen LogP contribution in [-0.2, 0) is 14.3 Å². The van der Waals surface area contributed by atoms with Crippen molar-refractivity contribution in [1.29, 1.82) is 0 Å². The fraction of sp³-hybridized carbons (Fsp3) is 0.833. The van der Waals surface area contributed by atoms with Crippen molar-refractivity contribution in [1.82, 2.24) is 10.2 Å². The minimum atomic E-state index is -0.864. The Bertz CT molecular complexity index is 296. The van der Waals surface area contributed by atoms with Crippen molar-refractivity contribution in [3.63, 3.8) is 0 Å². The molecule has 0 radical (unpaired) electrons. The Labute approximate surface area is 107 Å². The van der Waals surface area contributed by atoms with Crippen LogP contribution in [0.15, 0.2) is 0 Å². The highest BCUT2D eigenvalue weighted by molar-refractivity contribution is 5.81. The Hall–Kier alpha value is -1.14. The largest absolute Gasteiger partial charge is 0.481 e. The Morgan fingerprint density at radius 3 is 2.89 bits per heavy atom. The predicted octanol–water partition coefficient (Wildman–Crippen LogP) is 0.0766. The number of nitrogens with zero attached hydrogens (tertiary/aromatic N) is 1. The second-order valence-corrected chi connectivity index (χ2v) is 4.53. The van der Waals surface area contributed by atoms with Gasteiger partial charge in [0.2, 0.25) is 5.91 Å². The lowest BCUT2D eigenvalue weighted by molar-refractivity contribution is -0.143. The summed E-state index contributed by atoms with van der Waals surface area (Å²) >= 11 is 0. The maximum absolute atomic E-state index is 11.9. The number of rotatable bonds is 6. The molecule has 0 aromatic carbocycles. The van der Waals surface area contributed by atoms with Gasteiger partial charge < -0.3 is 15.2 Å². The van der Waals surface area contributed by atoms with Gasteiger partial charge in [-0.25, -0.2) is 0 Å². The summed E-state index contributed by atoms with van der Waals surface area (Å²) in [7, 11) is 0. The van der Waals surface area contributed by atoms with E-state index in [1.165, 1.54) is 0 Å². The number of hydrogen-bond donors (Lipinski definition) is 2. The molecule has 0 aromatic rings. The summed E-state index contributed by atoms with van der Waals surface area (Å²) in [5.74, 6) is -0.911. The zero-order valence-electron chi connectivity index (χ0n) is 11.0. The van der Waals surface area contributed by atoms with Crippen LogP contribution < -0.4 is 5.32 Å². The predicted molar refractivity (Wildman–Crippen MR) is 66.3 cm³/mol. The molecule has 104 valence electrons. The van der Waals surface area contributed by atoms with Crippen LogP contribution in [0.3, 0.4) is 0 Å². The summed E-state index contributed by atoms with van der Waals surface area (Å²) in [4.78, 5) is 24.6. The van der Waals surface area contributed by atoms with Crippen LogP contribution in [-0.4, -0.2) is 60.3 Å². The van der Waals surface area contributed by atoms with Crippen molar-refractivity contribution in [3.05, 3.63) is 0 Å². The molecule has 18 heavy (non-hydrogen) atoms. The van der Waals surface area contributed by atoms with Gasteiger partial charge in [-0.1, -0.05) is 6.92 Å². The van der Waals surface area contributed by atoms with Gasteiger partial charge in [-0.2, -0.15) is 0 Å². The Morgan fingerprint density at radius 1 is 1.56 bits per heavy atom. The van der Waals surface area contributed by atoms with Crippen molar-refractivity contribution in [2.75, 3.05) is 26.3 Å². The van der Waals surface area contributed by atoms with Crippen molar-refractivity contribution in [3.8, 4) is 0 Å². The first-order valence-corrected chi connectivity index (χ1v) is 6.39. The molecule has 0 spiro atoms. The van der Waals surface area contributed by atoms with Crippen LogP contribution >= 0.6 is 0 Å². The van der Waals surface area contributed by atoms with Crippen molar-refractivity contribution >= 4 is 11.9 Å². The van der Waals surface area contributed by atoms with E-state index in [1.807, 2.05) is 18.7 Å². The molecule has 1 aliphatic heterocycles. The highest BCUT2D eigenvalue weighted by Crippen LogP contribution is 2.14. The second-order valence-electron chi connectivity index (χ2n) is 4.53. The van der Waals surface area contributed by atoms with Crippen LogP contribution in [0.4, 0.5) is 0 Å². The third kappa shape index (κ3) is 4.27. The van der Waals surface area contributed by atoms with Gasteiger partial charge in [0.05, 0.1) is 25.7 Å². The number of carboxylic acids is 1. The summed E-state index contributed by atoms with van der Waals surface area (Å²) < 4.78 is 5.29. The van der Waals surface area contributed by atoms with Gasteiger partial charge in [0, 0.05) is 19.1 Å². The van der Waals surface area contributed by atoms with E-state index in [2.05, 4.69) is 5.32 Å². The Kier molecular flexibility index (Phi) is 6.07. The van der Waals surface area contributed by atoms with E-state index < -0.39 is 5.97 Å². The van der Waals surface area contributed by atoms with Gasteiger partial charge in [0.25, 0.3) is 0 Å². The third-order valence-corrected chi connectivity index (χ3v) is 3.11. The van der Waals surface area contributed by atoms with Crippen molar-refractivity contribution in [2.24, 2.45) is 0 Å². The van der Waals surface area contributed by atoms with E-state index >= 15 is 0 Å². The van der Waals surface area contributed by atoms with Crippen molar-refractivity contribution in [2.45, 2.75) is 38.8 Å². The molecule has 1 fully saturated rings. The molecule has 0 saturated carbocycles.